The van der Waals surface area contributed by atoms with Gasteiger partial charge in [0.2, 0.25) is 0 Å². The molecule has 1 aliphatic rings. The Morgan fingerprint density at radius 1 is 1.32 bits per heavy atom. The minimum Gasteiger partial charge on any atom is -0.444 e. The molecule has 0 heterocycles. The van der Waals surface area contributed by atoms with Crippen LogP contribution in [0.1, 0.15) is 59.3 Å². The fourth-order valence-corrected chi connectivity index (χ4v) is 3.94. The number of carbonyl (C=O) groups excluding carboxylic acids is 1. The third kappa shape index (κ3) is 7.52. The highest BCUT2D eigenvalue weighted by Gasteiger charge is 2.39. The maximum Gasteiger partial charge on any atom is 0.509 e. The van der Waals surface area contributed by atoms with Gasteiger partial charge in [0, 0.05) is 18.9 Å². The second-order valence-corrected chi connectivity index (χ2v) is 8.31. The Balaban J connectivity index is 2.41. The first-order chi connectivity index (χ1) is 10.2. The summed E-state index contributed by atoms with van der Waals surface area (Å²) in [5, 5.41) is 12.5. The van der Waals surface area contributed by atoms with E-state index in [0.29, 0.717) is 0 Å². The molecule has 2 unspecified atom stereocenters. The van der Waals surface area contributed by atoms with Gasteiger partial charge in [-0.2, -0.15) is 4.89 Å². The second-order valence-electron chi connectivity index (χ2n) is 7.04. The molecule has 1 amide bonds. The van der Waals surface area contributed by atoms with E-state index in [1.54, 1.807) is 20.8 Å². The highest BCUT2D eigenvalue weighted by molar-refractivity contribution is 7.38. The minimum absolute atomic E-state index is 0.0291. The molecule has 1 saturated carbocycles. The van der Waals surface area contributed by atoms with Crippen LogP contribution in [-0.2, 0) is 9.30 Å². The predicted molar refractivity (Wildman–Crippen MR) is 85.0 cm³/mol. The molecule has 0 saturated heterocycles. The van der Waals surface area contributed by atoms with Crippen molar-refractivity contribution in [2.75, 3.05) is 6.54 Å². The van der Waals surface area contributed by atoms with Crippen LogP contribution < -0.4 is 5.32 Å². The summed E-state index contributed by atoms with van der Waals surface area (Å²) in [5.74, 6) is 0.193. The molecule has 0 aliphatic heterocycles. The van der Waals surface area contributed by atoms with Gasteiger partial charge in [-0.3, -0.25) is 0 Å². The van der Waals surface area contributed by atoms with Crippen molar-refractivity contribution >= 4 is 14.1 Å². The standard InChI is InChI=1S/C15H28NO5P/c1-15(2,3)21-14(18)16-10-12(17)9-13(22(19)20)11-7-5-4-6-8-11/h11-13,17H,4-10H2,1-3H3,(H-,16,18,19,20)/p+1/t12-,13?/m1/s1. The number of amides is 1. The van der Waals surface area contributed by atoms with Crippen LogP contribution in [0.3, 0.4) is 0 Å². The topological polar surface area (TPSA) is 95.9 Å². The molecule has 0 aromatic rings. The molecule has 3 N–H and O–H groups in total. The van der Waals surface area contributed by atoms with Gasteiger partial charge in [0.1, 0.15) is 5.60 Å². The Morgan fingerprint density at radius 3 is 2.41 bits per heavy atom. The largest absolute Gasteiger partial charge is 0.509 e. The van der Waals surface area contributed by atoms with E-state index in [9.17, 15) is 19.4 Å². The molecule has 0 bridgehead atoms. The molecular weight excluding hydrogens is 305 g/mol. The number of ether oxygens (including phenoxy) is 1. The molecule has 6 nitrogen and oxygen atoms in total. The zero-order valence-electron chi connectivity index (χ0n) is 13.7. The predicted octanol–water partition coefficient (Wildman–Crippen LogP) is 2.95. The highest BCUT2D eigenvalue weighted by Crippen LogP contribution is 2.40. The van der Waals surface area contributed by atoms with Crippen molar-refractivity contribution < 1.29 is 24.1 Å². The van der Waals surface area contributed by atoms with Crippen LogP contribution in [0.15, 0.2) is 0 Å². The molecule has 3 atom stereocenters. The lowest BCUT2D eigenvalue weighted by Crippen LogP contribution is -2.38. The maximum atomic E-state index is 11.6. The van der Waals surface area contributed by atoms with Crippen LogP contribution in [0.5, 0.6) is 0 Å². The van der Waals surface area contributed by atoms with Crippen molar-refractivity contribution in [3.05, 3.63) is 0 Å². The smallest absolute Gasteiger partial charge is 0.444 e. The number of rotatable bonds is 6. The average Bonchev–Trinajstić information content (AvgIpc) is 2.41. The summed E-state index contributed by atoms with van der Waals surface area (Å²) in [6.45, 7) is 5.32. The number of aliphatic hydroxyl groups is 1. The number of carbonyl (C=O) groups is 1. The van der Waals surface area contributed by atoms with E-state index in [2.05, 4.69) is 5.32 Å². The molecular formula is C15H29NO5P+. The number of aliphatic hydroxyl groups excluding tert-OH is 1. The zero-order valence-corrected chi connectivity index (χ0v) is 14.6. The van der Waals surface area contributed by atoms with Crippen molar-refractivity contribution in [3.8, 4) is 0 Å². The molecule has 0 spiro atoms. The summed E-state index contributed by atoms with van der Waals surface area (Å²) in [6, 6.07) is 0. The van der Waals surface area contributed by atoms with Crippen LogP contribution in [0, 0.1) is 5.92 Å². The van der Waals surface area contributed by atoms with E-state index < -0.39 is 31.5 Å². The van der Waals surface area contributed by atoms with Gasteiger partial charge in [0.05, 0.1) is 6.10 Å². The number of alkyl carbamates (subject to hydrolysis) is 1. The normalized spacial score (nSPS) is 20.1. The van der Waals surface area contributed by atoms with Crippen molar-refractivity contribution in [3.63, 3.8) is 0 Å². The molecule has 7 heteroatoms. The summed E-state index contributed by atoms with van der Waals surface area (Å²) < 4.78 is 16.7. The van der Waals surface area contributed by atoms with Gasteiger partial charge < -0.3 is 15.2 Å². The van der Waals surface area contributed by atoms with Crippen LogP contribution >= 0.6 is 8.03 Å². The Hall–Kier alpha value is -0.710. The molecule has 1 aliphatic carbocycles. The van der Waals surface area contributed by atoms with Gasteiger partial charge in [-0.05, 0) is 38.2 Å². The first-order valence-corrected chi connectivity index (χ1v) is 9.27. The molecule has 22 heavy (non-hydrogen) atoms. The van der Waals surface area contributed by atoms with Gasteiger partial charge in [0.25, 0.3) is 0 Å². The second kappa shape index (κ2) is 8.80. The van der Waals surface area contributed by atoms with Crippen LogP contribution in [-0.4, -0.2) is 40.0 Å². The van der Waals surface area contributed by atoms with E-state index in [0.717, 1.165) is 25.7 Å². The van der Waals surface area contributed by atoms with E-state index in [1.165, 1.54) is 6.42 Å². The van der Waals surface area contributed by atoms with E-state index in [4.69, 9.17) is 4.74 Å². The first-order valence-electron chi connectivity index (χ1n) is 7.99. The van der Waals surface area contributed by atoms with Gasteiger partial charge in [-0.15, -0.1) is 0 Å². The Morgan fingerprint density at radius 2 is 1.91 bits per heavy atom. The van der Waals surface area contributed by atoms with Crippen LogP contribution in [0.2, 0.25) is 0 Å². The minimum atomic E-state index is -2.32. The van der Waals surface area contributed by atoms with E-state index in [-0.39, 0.29) is 18.9 Å². The lowest BCUT2D eigenvalue weighted by molar-refractivity contribution is 0.0485. The Bertz CT molecular complexity index is 377. The zero-order chi connectivity index (χ0) is 16.8. The summed E-state index contributed by atoms with van der Waals surface area (Å²) >= 11 is 0. The van der Waals surface area contributed by atoms with Gasteiger partial charge >= 0.3 is 14.1 Å². The third-order valence-electron chi connectivity index (χ3n) is 3.87. The van der Waals surface area contributed by atoms with Crippen molar-refractivity contribution in [1.82, 2.24) is 5.32 Å². The molecule has 0 aromatic carbocycles. The summed E-state index contributed by atoms with van der Waals surface area (Å²) in [4.78, 5) is 21.1. The fraction of sp³-hybridized carbons (Fsp3) is 0.933. The van der Waals surface area contributed by atoms with Gasteiger partial charge in [-0.1, -0.05) is 19.3 Å². The summed E-state index contributed by atoms with van der Waals surface area (Å²) in [6.07, 6.45) is 4.02. The van der Waals surface area contributed by atoms with Crippen molar-refractivity contribution in [1.29, 1.82) is 0 Å². The lowest BCUT2D eigenvalue weighted by Gasteiger charge is -2.24. The Labute approximate surface area is 133 Å². The molecule has 128 valence electrons. The SMILES string of the molecule is CC(C)(C)OC(=O)NC[C@H](O)CC(C1CCCCC1)[P+](=O)O. The summed E-state index contributed by atoms with van der Waals surface area (Å²) in [5.41, 5.74) is -0.987. The lowest BCUT2D eigenvalue weighted by atomic mass is 9.85. The van der Waals surface area contributed by atoms with E-state index >= 15 is 0 Å². The molecule has 0 radical (unpaired) electrons. The van der Waals surface area contributed by atoms with Crippen molar-refractivity contribution in [2.24, 2.45) is 5.92 Å². The third-order valence-corrected chi connectivity index (χ3v) is 5.07. The monoisotopic (exact) mass is 334 g/mol. The number of hydrogen-bond donors (Lipinski definition) is 3. The first kappa shape index (κ1) is 19.3. The van der Waals surface area contributed by atoms with Crippen LogP contribution in [0.25, 0.3) is 0 Å². The van der Waals surface area contributed by atoms with E-state index in [1.807, 2.05) is 0 Å². The average molecular weight is 334 g/mol. The Kier molecular flexibility index (Phi) is 7.74. The molecule has 0 aromatic heterocycles. The van der Waals surface area contributed by atoms with Crippen molar-refractivity contribution in [2.45, 2.75) is 76.7 Å². The quantitative estimate of drug-likeness (QED) is 0.649. The van der Waals surface area contributed by atoms with Crippen LogP contribution in [0.4, 0.5) is 4.79 Å². The number of nitrogens with one attached hydrogen (secondary N) is 1. The molecule has 1 fully saturated rings. The highest BCUT2D eigenvalue weighted by atomic mass is 31.1. The van der Waals surface area contributed by atoms with Gasteiger partial charge in [0.15, 0.2) is 5.66 Å². The number of hydrogen-bond acceptors (Lipinski definition) is 4. The fourth-order valence-electron chi connectivity index (χ4n) is 2.86. The maximum absolute atomic E-state index is 11.6. The molecule has 1 rings (SSSR count). The summed E-state index contributed by atoms with van der Waals surface area (Å²) in [7, 11) is -2.32. The van der Waals surface area contributed by atoms with Gasteiger partial charge in [-0.25, -0.2) is 4.79 Å².